The highest BCUT2D eigenvalue weighted by atomic mass is 19.1. The van der Waals surface area contributed by atoms with Gasteiger partial charge in [-0.05, 0) is 55.9 Å². The van der Waals surface area contributed by atoms with Crippen LogP contribution in [0.1, 0.15) is 24.3 Å². The van der Waals surface area contributed by atoms with Gasteiger partial charge in [-0.3, -0.25) is 4.79 Å². The summed E-state index contributed by atoms with van der Waals surface area (Å²) in [4.78, 5) is 14.5. The molecule has 0 aliphatic carbocycles. The summed E-state index contributed by atoms with van der Waals surface area (Å²) >= 11 is 0. The maximum atomic E-state index is 14.3. The minimum absolute atomic E-state index is 0.0242. The van der Waals surface area contributed by atoms with Crippen molar-refractivity contribution in [1.29, 1.82) is 0 Å². The summed E-state index contributed by atoms with van der Waals surface area (Å²) in [6.07, 6.45) is 4.52. The summed E-state index contributed by atoms with van der Waals surface area (Å²) in [5.74, 6) is -0.0881. The van der Waals surface area contributed by atoms with Crippen LogP contribution in [0.25, 0.3) is 10.9 Å². The number of benzene rings is 1. The van der Waals surface area contributed by atoms with Gasteiger partial charge in [0.2, 0.25) is 0 Å². The molecule has 3 heterocycles. The molecule has 1 fully saturated rings. The van der Waals surface area contributed by atoms with E-state index in [4.69, 9.17) is 0 Å². The van der Waals surface area contributed by atoms with Gasteiger partial charge in [0.05, 0.1) is 5.52 Å². The molecule has 109 valence electrons. The van der Waals surface area contributed by atoms with Crippen molar-refractivity contribution in [2.45, 2.75) is 25.3 Å². The zero-order valence-electron chi connectivity index (χ0n) is 11.9. The summed E-state index contributed by atoms with van der Waals surface area (Å²) in [6, 6.07) is 6.69. The fraction of sp³-hybridized carbons (Fsp3) is 0.412. The number of nitrogens with zero attached hydrogens (tertiary/aromatic N) is 2. The number of halogens is 1. The average Bonchev–Trinajstić information content (AvgIpc) is 2.88. The van der Waals surface area contributed by atoms with E-state index in [0.717, 1.165) is 48.9 Å². The van der Waals surface area contributed by atoms with Gasteiger partial charge in [0.15, 0.2) is 0 Å². The second kappa shape index (κ2) is 4.95. The molecule has 1 aromatic heterocycles. The Morgan fingerprint density at radius 2 is 1.90 bits per heavy atom. The van der Waals surface area contributed by atoms with Gasteiger partial charge < -0.3 is 9.47 Å². The van der Waals surface area contributed by atoms with E-state index in [9.17, 15) is 9.18 Å². The van der Waals surface area contributed by atoms with Crippen LogP contribution in [0, 0.1) is 12.2 Å². The van der Waals surface area contributed by atoms with Crippen LogP contribution < -0.4 is 5.56 Å². The largest absolute Gasteiger partial charge is 0.307 e. The zero-order valence-corrected chi connectivity index (χ0v) is 11.9. The fourth-order valence-electron chi connectivity index (χ4n) is 3.73. The van der Waals surface area contributed by atoms with Crippen molar-refractivity contribution in [2.75, 3.05) is 19.6 Å². The first-order valence-electron chi connectivity index (χ1n) is 7.60. The lowest BCUT2D eigenvalue weighted by molar-refractivity contribution is 0.233. The van der Waals surface area contributed by atoms with Crippen LogP contribution in [0.2, 0.25) is 0 Å². The van der Waals surface area contributed by atoms with E-state index in [2.05, 4.69) is 11.3 Å². The SMILES string of the molecule is O=c1ccc2ccc(F)c3c2n1CC3CN1CC[CH]CC1. The lowest BCUT2D eigenvalue weighted by atomic mass is 9.97. The van der Waals surface area contributed by atoms with Crippen molar-refractivity contribution in [1.82, 2.24) is 9.47 Å². The molecule has 0 saturated carbocycles. The predicted octanol–water partition coefficient (Wildman–Crippen LogP) is 2.54. The van der Waals surface area contributed by atoms with Crippen molar-refractivity contribution < 1.29 is 4.39 Å². The van der Waals surface area contributed by atoms with Gasteiger partial charge in [-0.15, -0.1) is 0 Å². The van der Waals surface area contributed by atoms with Crippen molar-refractivity contribution >= 4 is 10.9 Å². The standard InChI is InChI=1S/C17H18FN2O/c18-14-6-4-12-5-7-15(21)20-11-13(16(14)17(12)20)10-19-8-2-1-3-9-19/h1,4-7,13H,2-3,8-11H2. The Kier molecular flexibility index (Phi) is 3.07. The highest BCUT2D eigenvalue weighted by Gasteiger charge is 2.30. The normalized spacial score (nSPS) is 22.0. The third-order valence-corrected chi connectivity index (χ3v) is 4.73. The van der Waals surface area contributed by atoms with Gasteiger partial charge in [-0.2, -0.15) is 0 Å². The average molecular weight is 285 g/mol. The Hall–Kier alpha value is -1.68. The van der Waals surface area contributed by atoms with E-state index in [1.807, 2.05) is 0 Å². The van der Waals surface area contributed by atoms with Crippen LogP contribution in [0.3, 0.4) is 0 Å². The number of likely N-dealkylation sites (tertiary alicyclic amines) is 1. The van der Waals surface area contributed by atoms with Crippen LogP contribution in [-0.4, -0.2) is 29.1 Å². The molecular formula is C17H18FN2O. The van der Waals surface area contributed by atoms with Crippen molar-refractivity contribution in [3.05, 3.63) is 52.4 Å². The van der Waals surface area contributed by atoms with Gasteiger partial charge in [0, 0.05) is 30.6 Å². The molecule has 1 saturated heterocycles. The molecule has 1 aromatic carbocycles. The quantitative estimate of drug-likeness (QED) is 0.847. The summed E-state index contributed by atoms with van der Waals surface area (Å²) in [7, 11) is 0. The number of pyridine rings is 1. The maximum Gasteiger partial charge on any atom is 0.251 e. The number of hydrogen-bond donors (Lipinski definition) is 0. The molecule has 1 radical (unpaired) electrons. The molecular weight excluding hydrogens is 267 g/mol. The van der Waals surface area contributed by atoms with Crippen molar-refractivity contribution in [3.8, 4) is 0 Å². The molecule has 0 N–H and O–H groups in total. The molecule has 0 bridgehead atoms. The summed E-state index contributed by atoms with van der Waals surface area (Å²) in [5, 5.41) is 0.959. The number of aromatic nitrogens is 1. The molecule has 1 unspecified atom stereocenters. The second-order valence-electron chi connectivity index (χ2n) is 6.04. The van der Waals surface area contributed by atoms with Crippen LogP contribution in [0.5, 0.6) is 0 Å². The minimum Gasteiger partial charge on any atom is -0.307 e. The van der Waals surface area contributed by atoms with E-state index in [1.165, 1.54) is 6.07 Å². The van der Waals surface area contributed by atoms with E-state index >= 15 is 0 Å². The highest BCUT2D eigenvalue weighted by molar-refractivity contribution is 5.84. The summed E-state index contributed by atoms with van der Waals surface area (Å²) in [6.45, 7) is 3.52. The topological polar surface area (TPSA) is 25.2 Å². The van der Waals surface area contributed by atoms with E-state index in [-0.39, 0.29) is 17.3 Å². The van der Waals surface area contributed by atoms with Gasteiger partial charge in [-0.25, -0.2) is 4.39 Å². The molecule has 2 aromatic rings. The van der Waals surface area contributed by atoms with E-state index in [1.54, 1.807) is 22.8 Å². The third kappa shape index (κ3) is 2.09. The molecule has 4 heteroatoms. The van der Waals surface area contributed by atoms with Crippen LogP contribution >= 0.6 is 0 Å². The van der Waals surface area contributed by atoms with Crippen LogP contribution in [0.4, 0.5) is 4.39 Å². The van der Waals surface area contributed by atoms with Gasteiger partial charge >= 0.3 is 0 Å². The minimum atomic E-state index is -0.173. The molecule has 3 nitrogen and oxygen atoms in total. The third-order valence-electron chi connectivity index (χ3n) is 4.73. The van der Waals surface area contributed by atoms with Crippen molar-refractivity contribution in [3.63, 3.8) is 0 Å². The molecule has 1 atom stereocenters. The van der Waals surface area contributed by atoms with E-state index < -0.39 is 0 Å². The lowest BCUT2D eigenvalue weighted by Gasteiger charge is -2.29. The smallest absolute Gasteiger partial charge is 0.251 e. The first kappa shape index (κ1) is 13.0. The summed E-state index contributed by atoms with van der Waals surface area (Å²) in [5.41, 5.74) is 1.51. The lowest BCUT2D eigenvalue weighted by Crippen LogP contribution is -2.34. The molecule has 21 heavy (non-hydrogen) atoms. The van der Waals surface area contributed by atoms with Crippen LogP contribution in [0.15, 0.2) is 29.1 Å². The molecule has 2 aliphatic rings. The first-order chi connectivity index (χ1) is 10.2. The maximum absolute atomic E-state index is 14.3. The van der Waals surface area contributed by atoms with Crippen molar-refractivity contribution in [2.24, 2.45) is 0 Å². The molecule has 2 aliphatic heterocycles. The Morgan fingerprint density at radius 3 is 2.71 bits per heavy atom. The summed E-state index contributed by atoms with van der Waals surface area (Å²) < 4.78 is 16.1. The van der Waals surface area contributed by atoms with Gasteiger partial charge in [0.25, 0.3) is 5.56 Å². The number of piperidine rings is 1. The Morgan fingerprint density at radius 1 is 1.14 bits per heavy atom. The number of hydrogen-bond acceptors (Lipinski definition) is 2. The fourth-order valence-corrected chi connectivity index (χ4v) is 3.73. The monoisotopic (exact) mass is 285 g/mol. The Labute approximate surface area is 123 Å². The Balaban J connectivity index is 1.76. The highest BCUT2D eigenvalue weighted by Crippen LogP contribution is 2.35. The van der Waals surface area contributed by atoms with E-state index in [0.29, 0.717) is 6.54 Å². The molecule has 0 spiro atoms. The Bertz CT molecular complexity index is 746. The van der Waals surface area contributed by atoms with Gasteiger partial charge in [0.1, 0.15) is 5.82 Å². The zero-order chi connectivity index (χ0) is 14.4. The molecule has 0 amide bonds. The van der Waals surface area contributed by atoms with Gasteiger partial charge in [-0.1, -0.05) is 0 Å². The molecule has 4 rings (SSSR count). The predicted molar refractivity (Wildman–Crippen MR) is 80.9 cm³/mol. The van der Waals surface area contributed by atoms with Crippen LogP contribution in [-0.2, 0) is 6.54 Å². The first-order valence-corrected chi connectivity index (χ1v) is 7.60. The second-order valence-corrected chi connectivity index (χ2v) is 6.04. The number of rotatable bonds is 2.